The summed E-state index contributed by atoms with van der Waals surface area (Å²) in [4.78, 5) is 2.33. The van der Waals surface area contributed by atoms with Gasteiger partial charge >= 0.3 is 0 Å². The number of rotatable bonds is 3. The topological polar surface area (TPSA) is 61.5 Å². The van der Waals surface area contributed by atoms with Crippen LogP contribution in [0, 0.1) is 11.8 Å². The van der Waals surface area contributed by atoms with Crippen LogP contribution in [0.4, 0.5) is 5.69 Å². The van der Waals surface area contributed by atoms with E-state index in [2.05, 4.69) is 28.1 Å². The van der Waals surface area contributed by atoms with Crippen molar-refractivity contribution in [3.63, 3.8) is 0 Å². The number of hydrogen-bond donors (Lipinski definition) is 3. The Morgan fingerprint density at radius 1 is 1.32 bits per heavy atom. The van der Waals surface area contributed by atoms with Crippen LogP contribution in [0.3, 0.4) is 0 Å². The average molecular weight is 259 g/mol. The largest absolute Gasteiger partial charge is 0.392 e. The molecule has 2 rings (SSSR count). The highest BCUT2D eigenvalue weighted by atomic mass is 16.3. The van der Waals surface area contributed by atoms with E-state index in [0.29, 0.717) is 13.0 Å². The van der Waals surface area contributed by atoms with Crippen molar-refractivity contribution in [2.24, 2.45) is 5.73 Å². The summed E-state index contributed by atoms with van der Waals surface area (Å²) in [7, 11) is 0. The highest BCUT2D eigenvalue weighted by Gasteiger charge is 2.11. The van der Waals surface area contributed by atoms with E-state index in [4.69, 9.17) is 5.73 Å². The molecule has 4 heteroatoms. The third kappa shape index (κ3) is 3.71. The Kier molecular flexibility index (Phi) is 5.22. The second-order valence-electron chi connectivity index (χ2n) is 4.58. The van der Waals surface area contributed by atoms with Crippen LogP contribution in [0.5, 0.6) is 0 Å². The van der Waals surface area contributed by atoms with Crippen molar-refractivity contribution in [3.8, 4) is 11.8 Å². The molecular formula is C15H21N3O. The lowest BCUT2D eigenvalue weighted by molar-refractivity contribution is 0.281. The predicted octanol–water partition coefficient (Wildman–Crippen LogP) is 0.289. The van der Waals surface area contributed by atoms with Gasteiger partial charge in [-0.15, -0.1) is 0 Å². The lowest BCUT2D eigenvalue weighted by atomic mass is 10.1. The molecule has 1 aromatic carbocycles. The number of aliphatic hydroxyl groups is 1. The lowest BCUT2D eigenvalue weighted by Gasteiger charge is -2.29. The zero-order chi connectivity index (χ0) is 13.5. The third-order valence-corrected chi connectivity index (χ3v) is 3.23. The summed E-state index contributed by atoms with van der Waals surface area (Å²) in [6.07, 6.45) is 0.685. The molecule has 1 heterocycles. The van der Waals surface area contributed by atoms with Crippen molar-refractivity contribution < 1.29 is 5.11 Å². The Morgan fingerprint density at radius 3 is 2.79 bits per heavy atom. The minimum Gasteiger partial charge on any atom is -0.392 e. The zero-order valence-electron chi connectivity index (χ0n) is 11.2. The number of nitrogens with one attached hydrogen (secondary N) is 1. The normalized spacial score (nSPS) is 14.9. The predicted molar refractivity (Wildman–Crippen MR) is 78.0 cm³/mol. The summed E-state index contributed by atoms with van der Waals surface area (Å²) in [6, 6.07) is 6.11. The first-order valence-corrected chi connectivity index (χ1v) is 6.73. The molecule has 1 saturated heterocycles. The highest BCUT2D eigenvalue weighted by Crippen LogP contribution is 2.20. The second-order valence-corrected chi connectivity index (χ2v) is 4.58. The average Bonchev–Trinajstić information content (AvgIpc) is 2.48. The van der Waals surface area contributed by atoms with Gasteiger partial charge in [-0.2, -0.15) is 0 Å². The van der Waals surface area contributed by atoms with Gasteiger partial charge in [-0.1, -0.05) is 11.8 Å². The van der Waals surface area contributed by atoms with Gasteiger partial charge in [0.2, 0.25) is 0 Å². The lowest BCUT2D eigenvalue weighted by Crippen LogP contribution is -2.43. The molecule has 1 aliphatic rings. The molecule has 0 aliphatic carbocycles. The van der Waals surface area contributed by atoms with Crippen LogP contribution in [0.25, 0.3) is 0 Å². The number of nitrogens with two attached hydrogens (primary N) is 1. The van der Waals surface area contributed by atoms with E-state index >= 15 is 0 Å². The third-order valence-electron chi connectivity index (χ3n) is 3.23. The Morgan fingerprint density at radius 2 is 2.11 bits per heavy atom. The van der Waals surface area contributed by atoms with E-state index in [1.807, 2.05) is 12.1 Å². The molecule has 0 amide bonds. The summed E-state index contributed by atoms with van der Waals surface area (Å²) in [6.45, 7) is 4.61. The first kappa shape index (κ1) is 13.9. The number of anilines is 1. The van der Waals surface area contributed by atoms with Crippen LogP contribution < -0.4 is 16.0 Å². The number of piperazine rings is 1. The fourth-order valence-corrected chi connectivity index (χ4v) is 2.18. The van der Waals surface area contributed by atoms with Gasteiger partial charge in [0.1, 0.15) is 0 Å². The fourth-order valence-electron chi connectivity index (χ4n) is 2.18. The molecule has 19 heavy (non-hydrogen) atoms. The van der Waals surface area contributed by atoms with Gasteiger partial charge in [-0.05, 0) is 23.8 Å². The van der Waals surface area contributed by atoms with E-state index < -0.39 is 0 Å². The van der Waals surface area contributed by atoms with Gasteiger partial charge < -0.3 is 21.1 Å². The van der Waals surface area contributed by atoms with Gasteiger partial charge in [-0.3, -0.25) is 0 Å². The Labute approximate surface area is 114 Å². The number of hydrogen-bond acceptors (Lipinski definition) is 4. The maximum Gasteiger partial charge on any atom is 0.0694 e. The van der Waals surface area contributed by atoms with Gasteiger partial charge in [0.15, 0.2) is 0 Å². The van der Waals surface area contributed by atoms with Gasteiger partial charge in [0.05, 0.1) is 6.61 Å². The Bertz CT molecular complexity index is 470. The minimum absolute atomic E-state index is 0.0204. The summed E-state index contributed by atoms with van der Waals surface area (Å²) in [5.41, 5.74) is 8.37. The molecule has 0 radical (unpaired) electrons. The quantitative estimate of drug-likeness (QED) is 0.683. The SMILES string of the molecule is NCCC#Cc1ccc(N2CCNCC2)cc1CO. The van der Waals surface area contributed by atoms with E-state index in [0.717, 1.165) is 43.0 Å². The smallest absolute Gasteiger partial charge is 0.0694 e. The van der Waals surface area contributed by atoms with E-state index in [9.17, 15) is 5.11 Å². The maximum atomic E-state index is 9.47. The van der Waals surface area contributed by atoms with Crippen LogP contribution in [0.2, 0.25) is 0 Å². The van der Waals surface area contributed by atoms with Crippen LogP contribution in [-0.4, -0.2) is 37.8 Å². The molecule has 1 aliphatic heterocycles. The summed E-state index contributed by atoms with van der Waals surface area (Å²) in [5, 5.41) is 12.8. The molecule has 0 aromatic heterocycles. The molecule has 1 aromatic rings. The van der Waals surface area contributed by atoms with Crippen molar-refractivity contribution in [1.82, 2.24) is 5.32 Å². The van der Waals surface area contributed by atoms with Gasteiger partial charge in [-0.25, -0.2) is 0 Å². The molecule has 0 unspecified atom stereocenters. The fraction of sp³-hybridized carbons (Fsp3) is 0.467. The Hall–Kier alpha value is -1.54. The van der Waals surface area contributed by atoms with Crippen molar-refractivity contribution in [3.05, 3.63) is 29.3 Å². The second kappa shape index (κ2) is 7.15. The molecule has 0 saturated carbocycles. The molecule has 0 bridgehead atoms. The van der Waals surface area contributed by atoms with Crippen LogP contribution in [0.1, 0.15) is 17.5 Å². The molecule has 1 fully saturated rings. The molecule has 0 atom stereocenters. The summed E-state index contributed by atoms with van der Waals surface area (Å²) >= 11 is 0. The first-order chi connectivity index (χ1) is 9.35. The molecule has 4 N–H and O–H groups in total. The standard InChI is InChI=1S/C15H21N3O/c16-6-2-1-3-13-4-5-15(11-14(13)12-19)18-9-7-17-8-10-18/h4-5,11,17,19H,2,6-10,12,16H2. The van der Waals surface area contributed by atoms with Gasteiger partial charge in [0, 0.05) is 50.4 Å². The number of aliphatic hydroxyl groups excluding tert-OH is 1. The number of nitrogens with zero attached hydrogens (tertiary/aromatic N) is 1. The summed E-state index contributed by atoms with van der Waals surface area (Å²) in [5.74, 6) is 6.09. The summed E-state index contributed by atoms with van der Waals surface area (Å²) < 4.78 is 0. The molecule has 0 spiro atoms. The monoisotopic (exact) mass is 259 g/mol. The van der Waals surface area contributed by atoms with Crippen molar-refractivity contribution in [2.75, 3.05) is 37.6 Å². The van der Waals surface area contributed by atoms with Gasteiger partial charge in [0.25, 0.3) is 0 Å². The molecule has 102 valence electrons. The zero-order valence-corrected chi connectivity index (χ0v) is 11.2. The van der Waals surface area contributed by atoms with Crippen LogP contribution >= 0.6 is 0 Å². The molecular weight excluding hydrogens is 238 g/mol. The van der Waals surface area contributed by atoms with Crippen molar-refractivity contribution in [2.45, 2.75) is 13.0 Å². The molecule has 4 nitrogen and oxygen atoms in total. The van der Waals surface area contributed by atoms with Crippen LogP contribution in [-0.2, 0) is 6.61 Å². The number of benzene rings is 1. The van der Waals surface area contributed by atoms with Crippen LogP contribution in [0.15, 0.2) is 18.2 Å². The van der Waals surface area contributed by atoms with Crippen molar-refractivity contribution in [1.29, 1.82) is 0 Å². The van der Waals surface area contributed by atoms with E-state index in [1.54, 1.807) is 0 Å². The van der Waals surface area contributed by atoms with Crippen molar-refractivity contribution >= 4 is 5.69 Å². The minimum atomic E-state index is 0.0204. The van der Waals surface area contributed by atoms with E-state index in [-0.39, 0.29) is 6.61 Å². The highest BCUT2D eigenvalue weighted by molar-refractivity contribution is 5.55. The van der Waals surface area contributed by atoms with E-state index in [1.165, 1.54) is 0 Å². The Balaban J connectivity index is 2.18. The maximum absolute atomic E-state index is 9.47. The first-order valence-electron chi connectivity index (χ1n) is 6.73.